The Hall–Kier alpha value is -0.840. The second-order valence-electron chi connectivity index (χ2n) is 5.09. The van der Waals surface area contributed by atoms with Crippen molar-refractivity contribution in [3.05, 3.63) is 22.8 Å². The Morgan fingerprint density at radius 1 is 1.39 bits per heavy atom. The van der Waals surface area contributed by atoms with E-state index in [9.17, 15) is 10.2 Å². The van der Waals surface area contributed by atoms with E-state index in [1.807, 2.05) is 13.0 Å². The normalized spacial score (nSPS) is 25.0. The van der Waals surface area contributed by atoms with E-state index >= 15 is 0 Å². The number of rotatable bonds is 2. The molecule has 1 aromatic rings. The fraction of sp³-hybridized carbons (Fsp3) is 0.615. The Bertz CT molecular complexity index is 423. The molecule has 1 atom stereocenters. The third kappa shape index (κ3) is 3.13. The quantitative estimate of drug-likeness (QED) is 0.863. The summed E-state index contributed by atoms with van der Waals surface area (Å²) < 4.78 is 0. The van der Waals surface area contributed by atoms with Crippen molar-refractivity contribution >= 4 is 17.4 Å². The Balaban J connectivity index is 2.16. The van der Waals surface area contributed by atoms with E-state index in [0.29, 0.717) is 10.7 Å². The Kier molecular flexibility index (Phi) is 4.10. The molecule has 5 heteroatoms. The highest BCUT2D eigenvalue weighted by Gasteiger charge is 2.25. The van der Waals surface area contributed by atoms with E-state index in [1.165, 1.54) is 0 Å². The van der Waals surface area contributed by atoms with Crippen LogP contribution in [0.4, 0.5) is 5.82 Å². The van der Waals surface area contributed by atoms with Crippen molar-refractivity contribution in [1.82, 2.24) is 4.98 Å². The summed E-state index contributed by atoms with van der Waals surface area (Å²) in [6.45, 7) is 3.37. The number of aromatic nitrogens is 1. The molecule has 1 aliphatic heterocycles. The average molecular weight is 271 g/mol. The molecule has 2 rings (SSSR count). The van der Waals surface area contributed by atoms with Gasteiger partial charge in [0.15, 0.2) is 0 Å². The van der Waals surface area contributed by atoms with Crippen molar-refractivity contribution in [2.75, 3.05) is 18.0 Å². The molecule has 18 heavy (non-hydrogen) atoms. The van der Waals surface area contributed by atoms with Crippen LogP contribution in [0.2, 0.25) is 5.02 Å². The molecule has 2 heterocycles. The zero-order valence-electron chi connectivity index (χ0n) is 10.6. The van der Waals surface area contributed by atoms with Crippen molar-refractivity contribution in [1.29, 1.82) is 0 Å². The van der Waals surface area contributed by atoms with E-state index in [4.69, 9.17) is 11.6 Å². The van der Waals surface area contributed by atoms with Crippen molar-refractivity contribution in [3.8, 4) is 0 Å². The van der Waals surface area contributed by atoms with Crippen molar-refractivity contribution in [2.24, 2.45) is 0 Å². The summed E-state index contributed by atoms with van der Waals surface area (Å²) in [7, 11) is 0. The minimum atomic E-state index is -0.582. The van der Waals surface area contributed by atoms with E-state index in [1.54, 1.807) is 6.07 Å². The first-order chi connectivity index (χ1) is 8.52. The zero-order valence-corrected chi connectivity index (χ0v) is 11.3. The van der Waals surface area contributed by atoms with Crippen LogP contribution in [0.15, 0.2) is 12.1 Å². The fourth-order valence-electron chi connectivity index (χ4n) is 2.25. The highest BCUT2D eigenvalue weighted by atomic mass is 35.5. The molecule has 4 nitrogen and oxygen atoms in total. The van der Waals surface area contributed by atoms with Crippen LogP contribution in [0.5, 0.6) is 0 Å². The predicted octanol–water partition coefficient (Wildman–Crippen LogP) is 1.97. The second kappa shape index (κ2) is 5.43. The smallest absolute Gasteiger partial charge is 0.129 e. The summed E-state index contributed by atoms with van der Waals surface area (Å²) >= 11 is 5.93. The minimum Gasteiger partial charge on any atom is -0.390 e. The third-order valence-electron chi connectivity index (χ3n) is 3.44. The fourth-order valence-corrected chi connectivity index (χ4v) is 2.42. The first-order valence-corrected chi connectivity index (χ1v) is 6.63. The van der Waals surface area contributed by atoms with Crippen LogP contribution in [-0.4, -0.2) is 33.9 Å². The van der Waals surface area contributed by atoms with Gasteiger partial charge in [0.05, 0.1) is 22.9 Å². The first kappa shape index (κ1) is 13.6. The van der Waals surface area contributed by atoms with Gasteiger partial charge in [0.25, 0.3) is 0 Å². The Labute approximate surface area is 112 Å². The molecule has 2 N–H and O–H groups in total. The summed E-state index contributed by atoms with van der Waals surface area (Å²) in [5.74, 6) is 0.821. The predicted molar refractivity (Wildman–Crippen MR) is 71.9 cm³/mol. The molecule has 0 radical (unpaired) electrons. The molecule has 0 amide bonds. The second-order valence-corrected chi connectivity index (χ2v) is 5.50. The SMILES string of the molecule is CC1(O)CCCN(c2ccc(Cl)c(CO)n2)CC1. The van der Waals surface area contributed by atoms with Gasteiger partial charge < -0.3 is 15.1 Å². The lowest BCUT2D eigenvalue weighted by atomic mass is 9.98. The van der Waals surface area contributed by atoms with Gasteiger partial charge in [-0.25, -0.2) is 4.98 Å². The molecule has 1 saturated heterocycles. The highest BCUT2D eigenvalue weighted by Crippen LogP contribution is 2.25. The summed E-state index contributed by atoms with van der Waals surface area (Å²) in [4.78, 5) is 6.50. The Morgan fingerprint density at radius 3 is 2.89 bits per heavy atom. The number of aliphatic hydroxyl groups is 2. The molecule has 0 bridgehead atoms. The van der Waals surface area contributed by atoms with E-state index in [2.05, 4.69) is 9.88 Å². The largest absolute Gasteiger partial charge is 0.390 e. The summed E-state index contributed by atoms with van der Waals surface area (Å²) in [5.41, 5.74) is -0.0776. The monoisotopic (exact) mass is 270 g/mol. The maximum atomic E-state index is 10.1. The lowest BCUT2D eigenvalue weighted by Crippen LogP contribution is -2.28. The van der Waals surface area contributed by atoms with Gasteiger partial charge in [-0.15, -0.1) is 0 Å². The van der Waals surface area contributed by atoms with Crippen molar-refractivity contribution < 1.29 is 10.2 Å². The molecule has 1 aliphatic rings. The molecular formula is C13H19ClN2O2. The zero-order chi connectivity index (χ0) is 13.2. The lowest BCUT2D eigenvalue weighted by Gasteiger charge is -2.23. The lowest BCUT2D eigenvalue weighted by molar-refractivity contribution is 0.0481. The highest BCUT2D eigenvalue weighted by molar-refractivity contribution is 6.31. The molecule has 0 aliphatic carbocycles. The first-order valence-electron chi connectivity index (χ1n) is 6.25. The van der Waals surface area contributed by atoms with Crippen LogP contribution in [0, 0.1) is 0 Å². The summed E-state index contributed by atoms with van der Waals surface area (Å²) in [6.07, 6.45) is 2.47. The molecule has 0 aromatic carbocycles. The summed E-state index contributed by atoms with van der Waals surface area (Å²) in [5, 5.41) is 19.7. The number of halogens is 1. The number of hydrogen-bond donors (Lipinski definition) is 2. The van der Waals surface area contributed by atoms with Crippen LogP contribution >= 0.6 is 11.6 Å². The van der Waals surface area contributed by atoms with E-state index < -0.39 is 5.60 Å². The molecule has 0 spiro atoms. The third-order valence-corrected chi connectivity index (χ3v) is 3.79. The summed E-state index contributed by atoms with van der Waals surface area (Å²) in [6, 6.07) is 3.63. The van der Waals surface area contributed by atoms with Crippen LogP contribution in [-0.2, 0) is 6.61 Å². The van der Waals surface area contributed by atoms with Crippen molar-refractivity contribution in [3.63, 3.8) is 0 Å². The van der Waals surface area contributed by atoms with Gasteiger partial charge in [0.1, 0.15) is 5.82 Å². The molecule has 1 unspecified atom stereocenters. The van der Waals surface area contributed by atoms with Gasteiger partial charge in [0, 0.05) is 13.1 Å². The van der Waals surface area contributed by atoms with E-state index in [-0.39, 0.29) is 6.61 Å². The number of aliphatic hydroxyl groups excluding tert-OH is 1. The average Bonchev–Trinajstić information content (AvgIpc) is 2.51. The maximum absolute atomic E-state index is 10.1. The topological polar surface area (TPSA) is 56.6 Å². The van der Waals surface area contributed by atoms with Gasteiger partial charge in [-0.1, -0.05) is 11.6 Å². The Morgan fingerprint density at radius 2 is 2.17 bits per heavy atom. The van der Waals surface area contributed by atoms with Crippen LogP contribution in [0.3, 0.4) is 0 Å². The van der Waals surface area contributed by atoms with Gasteiger partial charge in [-0.3, -0.25) is 0 Å². The molecular weight excluding hydrogens is 252 g/mol. The molecule has 0 saturated carbocycles. The number of nitrogens with zero attached hydrogens (tertiary/aromatic N) is 2. The minimum absolute atomic E-state index is 0.155. The molecule has 1 fully saturated rings. The van der Waals surface area contributed by atoms with Crippen LogP contribution < -0.4 is 4.90 Å². The van der Waals surface area contributed by atoms with Gasteiger partial charge in [0.2, 0.25) is 0 Å². The number of anilines is 1. The van der Waals surface area contributed by atoms with E-state index in [0.717, 1.165) is 38.2 Å². The van der Waals surface area contributed by atoms with Gasteiger partial charge in [-0.2, -0.15) is 0 Å². The molecule has 1 aromatic heterocycles. The molecule has 100 valence electrons. The van der Waals surface area contributed by atoms with Crippen molar-refractivity contribution in [2.45, 2.75) is 38.4 Å². The van der Waals surface area contributed by atoms with Gasteiger partial charge in [-0.05, 0) is 38.3 Å². The van der Waals surface area contributed by atoms with Crippen LogP contribution in [0.25, 0.3) is 0 Å². The van der Waals surface area contributed by atoms with Gasteiger partial charge >= 0.3 is 0 Å². The maximum Gasteiger partial charge on any atom is 0.129 e. The van der Waals surface area contributed by atoms with Crippen LogP contribution in [0.1, 0.15) is 31.9 Å². The standard InChI is InChI=1S/C13H19ClN2O2/c1-13(18)5-2-7-16(8-6-13)12-4-3-10(14)11(9-17)15-12/h3-4,17-18H,2,5-9H2,1H3. The number of pyridine rings is 1. The number of hydrogen-bond acceptors (Lipinski definition) is 4.